The van der Waals surface area contributed by atoms with Gasteiger partial charge < -0.3 is 0 Å². The van der Waals surface area contributed by atoms with Gasteiger partial charge in [-0.15, -0.1) is 0 Å². The minimum Gasteiger partial charge on any atom is -0.288 e. The highest BCUT2D eigenvalue weighted by atomic mass is 19.4. The van der Waals surface area contributed by atoms with Crippen LogP contribution in [-0.2, 0) is 11.2 Å². The fraction of sp³-hybridized carbons (Fsp3) is 0.476. The summed E-state index contributed by atoms with van der Waals surface area (Å²) in [4.78, 5) is 11.5. The van der Waals surface area contributed by atoms with Crippen molar-refractivity contribution in [3.63, 3.8) is 0 Å². The molecular formula is C21H25F3N2O. The summed E-state index contributed by atoms with van der Waals surface area (Å²) in [5, 5.41) is 2.83. The van der Waals surface area contributed by atoms with Gasteiger partial charge in [-0.3, -0.25) is 10.2 Å². The first kappa shape index (κ1) is 19.7. The van der Waals surface area contributed by atoms with E-state index in [2.05, 4.69) is 12.3 Å². The number of hydrazine groups is 1. The largest absolute Gasteiger partial charge is 0.409 e. The van der Waals surface area contributed by atoms with E-state index >= 15 is 0 Å². The number of halogens is 3. The quantitative estimate of drug-likeness (QED) is 0.663. The molecule has 1 unspecified atom stereocenters. The zero-order chi connectivity index (χ0) is 19.4. The molecule has 3 nitrogen and oxygen atoms in total. The molecule has 1 atom stereocenters. The van der Waals surface area contributed by atoms with Gasteiger partial charge in [-0.1, -0.05) is 56.5 Å². The van der Waals surface area contributed by atoms with Gasteiger partial charge in [-0.05, 0) is 40.8 Å². The topological polar surface area (TPSA) is 32.3 Å². The van der Waals surface area contributed by atoms with Crippen molar-refractivity contribution < 1.29 is 18.0 Å². The summed E-state index contributed by atoms with van der Waals surface area (Å²) < 4.78 is 41.6. The van der Waals surface area contributed by atoms with Crippen molar-refractivity contribution in [1.82, 2.24) is 10.4 Å². The summed E-state index contributed by atoms with van der Waals surface area (Å²) in [5.41, 5.74) is 3.49. The number of nitrogens with zero attached hydrogens (tertiary/aromatic N) is 1. The third-order valence-electron chi connectivity index (χ3n) is 5.06. The summed E-state index contributed by atoms with van der Waals surface area (Å²) in [5.74, 6) is -0.371. The van der Waals surface area contributed by atoms with E-state index in [0.29, 0.717) is 0 Å². The number of alkyl halides is 3. The molecule has 6 heteroatoms. The molecule has 0 spiro atoms. The Balaban J connectivity index is 1.99. The average molecular weight is 378 g/mol. The Hall–Kier alpha value is -2.08. The minimum absolute atomic E-state index is 0.0572. The molecular weight excluding hydrogens is 353 g/mol. The molecule has 1 amide bonds. The third-order valence-corrected chi connectivity index (χ3v) is 5.06. The normalized spacial score (nSPS) is 16.7. The summed E-state index contributed by atoms with van der Waals surface area (Å²) >= 11 is 0. The average Bonchev–Trinajstić information content (AvgIpc) is 3.03. The van der Waals surface area contributed by atoms with Gasteiger partial charge in [-0.2, -0.15) is 13.2 Å². The second-order valence-electron chi connectivity index (χ2n) is 7.13. The summed E-state index contributed by atoms with van der Waals surface area (Å²) in [6.45, 7) is 2.19. The van der Waals surface area contributed by atoms with Crippen LogP contribution in [0.3, 0.4) is 0 Å². The highest BCUT2D eigenvalue weighted by molar-refractivity contribution is 5.86. The van der Waals surface area contributed by atoms with Crippen LogP contribution in [0.15, 0.2) is 36.4 Å². The number of nitrogens with one attached hydrogen (secondary N) is 1. The van der Waals surface area contributed by atoms with Crippen molar-refractivity contribution in [2.24, 2.45) is 0 Å². The summed E-state index contributed by atoms with van der Waals surface area (Å²) in [6.07, 6.45) is 0.640. The predicted molar refractivity (Wildman–Crippen MR) is 100 cm³/mol. The van der Waals surface area contributed by atoms with Gasteiger partial charge in [0, 0.05) is 13.0 Å². The zero-order valence-electron chi connectivity index (χ0n) is 15.5. The van der Waals surface area contributed by atoms with Crippen molar-refractivity contribution >= 4 is 16.7 Å². The second-order valence-corrected chi connectivity index (χ2v) is 7.13. The SMILES string of the molecule is CCCCCCc1cc(C(N2CCC(=O)N2)C(F)(F)F)cc2ccccc12. The first-order valence-electron chi connectivity index (χ1n) is 9.54. The minimum atomic E-state index is -4.47. The van der Waals surface area contributed by atoms with Gasteiger partial charge in [0.25, 0.3) is 0 Å². The van der Waals surface area contributed by atoms with Crippen LogP contribution >= 0.6 is 0 Å². The van der Waals surface area contributed by atoms with Crippen LogP contribution < -0.4 is 5.43 Å². The van der Waals surface area contributed by atoms with E-state index in [9.17, 15) is 18.0 Å². The number of benzene rings is 2. The van der Waals surface area contributed by atoms with E-state index in [4.69, 9.17) is 0 Å². The fourth-order valence-electron chi connectivity index (χ4n) is 3.76. The van der Waals surface area contributed by atoms with Crippen molar-refractivity contribution in [3.05, 3.63) is 47.5 Å². The predicted octanol–water partition coefficient (Wildman–Crippen LogP) is 5.30. The van der Waals surface area contributed by atoms with E-state index in [0.717, 1.165) is 53.4 Å². The number of hydrogen-bond acceptors (Lipinski definition) is 2. The van der Waals surface area contributed by atoms with E-state index < -0.39 is 12.2 Å². The lowest BCUT2D eigenvalue weighted by molar-refractivity contribution is -0.191. The Labute approximate surface area is 157 Å². The maximum Gasteiger partial charge on any atom is 0.409 e. The summed E-state index contributed by atoms with van der Waals surface area (Å²) in [7, 11) is 0. The number of rotatable bonds is 7. The van der Waals surface area contributed by atoms with Gasteiger partial charge in [0.1, 0.15) is 6.04 Å². The Morgan fingerprint density at radius 3 is 2.59 bits per heavy atom. The van der Waals surface area contributed by atoms with Crippen LogP contribution in [-0.4, -0.2) is 23.6 Å². The highest BCUT2D eigenvalue weighted by Gasteiger charge is 2.47. The number of hydrogen-bond donors (Lipinski definition) is 1. The van der Waals surface area contributed by atoms with Gasteiger partial charge in [0.05, 0.1) is 0 Å². The molecule has 1 aliphatic heterocycles. The molecule has 0 radical (unpaired) electrons. The molecule has 1 aliphatic rings. The molecule has 27 heavy (non-hydrogen) atoms. The molecule has 1 heterocycles. The van der Waals surface area contributed by atoms with Crippen LogP contribution in [0.1, 0.15) is 56.2 Å². The standard InChI is InChI=1S/C21H25F3N2O/c1-2-3-4-5-8-15-13-17(14-16-9-6-7-10-18(15)16)20(21(22,23)24)26-12-11-19(27)25-26/h6-7,9-10,13-14,20H,2-5,8,11-12H2,1H3,(H,25,27). The molecule has 2 aromatic carbocycles. The van der Waals surface area contributed by atoms with Crippen molar-refractivity contribution in [1.29, 1.82) is 0 Å². The molecule has 0 aliphatic carbocycles. The summed E-state index contributed by atoms with van der Waals surface area (Å²) in [6, 6.07) is 9.03. The Bertz CT molecular complexity index is 804. The Morgan fingerprint density at radius 2 is 1.93 bits per heavy atom. The third kappa shape index (κ3) is 4.61. The van der Waals surface area contributed by atoms with Gasteiger partial charge in [0.2, 0.25) is 5.91 Å². The number of carbonyl (C=O) groups is 1. The number of unbranched alkanes of at least 4 members (excludes halogenated alkanes) is 3. The molecule has 1 saturated heterocycles. The zero-order valence-corrected chi connectivity index (χ0v) is 15.5. The first-order chi connectivity index (χ1) is 12.9. The lowest BCUT2D eigenvalue weighted by atomic mass is 9.93. The number of carbonyl (C=O) groups excluding carboxylic acids is 1. The van der Waals surface area contributed by atoms with Gasteiger partial charge >= 0.3 is 6.18 Å². The van der Waals surface area contributed by atoms with Crippen molar-refractivity contribution in [2.45, 2.75) is 57.7 Å². The fourth-order valence-corrected chi connectivity index (χ4v) is 3.76. The molecule has 1 fully saturated rings. The highest BCUT2D eigenvalue weighted by Crippen LogP contribution is 2.39. The molecule has 2 aromatic rings. The van der Waals surface area contributed by atoms with Crippen LogP contribution in [0.25, 0.3) is 10.8 Å². The number of amides is 1. The lowest BCUT2D eigenvalue weighted by Gasteiger charge is -2.30. The van der Waals surface area contributed by atoms with Crippen molar-refractivity contribution in [2.75, 3.05) is 6.54 Å². The lowest BCUT2D eigenvalue weighted by Crippen LogP contribution is -2.43. The molecule has 0 aromatic heterocycles. The van der Waals surface area contributed by atoms with Crippen LogP contribution in [0.2, 0.25) is 0 Å². The van der Waals surface area contributed by atoms with E-state index in [1.54, 1.807) is 12.1 Å². The molecule has 0 saturated carbocycles. The molecule has 146 valence electrons. The van der Waals surface area contributed by atoms with Gasteiger partial charge in [-0.25, -0.2) is 5.01 Å². The maximum absolute atomic E-state index is 13.9. The van der Waals surface area contributed by atoms with Gasteiger partial charge in [0.15, 0.2) is 0 Å². The molecule has 1 N–H and O–H groups in total. The van der Waals surface area contributed by atoms with E-state index in [-0.39, 0.29) is 24.4 Å². The van der Waals surface area contributed by atoms with Crippen LogP contribution in [0, 0.1) is 0 Å². The van der Waals surface area contributed by atoms with E-state index in [1.807, 2.05) is 24.3 Å². The molecule has 0 bridgehead atoms. The second kappa shape index (κ2) is 8.30. The molecule has 3 rings (SSSR count). The first-order valence-corrected chi connectivity index (χ1v) is 9.54. The van der Waals surface area contributed by atoms with Crippen LogP contribution in [0.4, 0.5) is 13.2 Å². The number of fused-ring (bicyclic) bond motifs is 1. The Kier molecular flexibility index (Phi) is 6.05. The van der Waals surface area contributed by atoms with E-state index in [1.165, 1.54) is 0 Å². The number of aryl methyl sites for hydroxylation is 1. The van der Waals surface area contributed by atoms with Crippen molar-refractivity contribution in [3.8, 4) is 0 Å². The Morgan fingerprint density at radius 1 is 1.15 bits per heavy atom. The maximum atomic E-state index is 13.9. The van der Waals surface area contributed by atoms with Crippen LogP contribution in [0.5, 0.6) is 0 Å². The smallest absolute Gasteiger partial charge is 0.288 e. The monoisotopic (exact) mass is 378 g/mol.